The number of aromatic amines is 1. The number of anilines is 2. The van der Waals surface area contributed by atoms with Crippen molar-refractivity contribution in [3.8, 4) is 0 Å². The fraction of sp³-hybridized carbons (Fsp3) is 0.550. The fourth-order valence-corrected chi connectivity index (χ4v) is 8.22. The van der Waals surface area contributed by atoms with Crippen molar-refractivity contribution in [1.29, 1.82) is 0 Å². The lowest BCUT2D eigenvalue weighted by atomic mass is 10.1. The van der Waals surface area contributed by atoms with Crippen molar-refractivity contribution in [3.63, 3.8) is 0 Å². The normalized spacial score (nSPS) is 38.1. The molecular weight excluding hydrogens is 622 g/mol. The molecule has 0 unspecified atom stereocenters. The highest BCUT2D eigenvalue weighted by Crippen LogP contribution is 2.60. The van der Waals surface area contributed by atoms with Gasteiger partial charge in [-0.25, -0.2) is 24.1 Å². The zero-order valence-electron chi connectivity index (χ0n) is 21.0. The number of nitrogens with one attached hydrogen (secondary N) is 2. The van der Waals surface area contributed by atoms with Crippen LogP contribution in [0, 0.1) is 5.92 Å². The average molecular weight is 649 g/mol. The summed E-state index contributed by atoms with van der Waals surface area (Å²) < 4.78 is 56.6. The molecule has 41 heavy (non-hydrogen) atoms. The maximum Gasteiger partial charge on any atom is 0.386 e. The summed E-state index contributed by atoms with van der Waals surface area (Å²) in [5.41, 5.74) is 5.07. The Hall–Kier alpha value is -2.05. The topological polar surface area (TPSA) is 228 Å². The Morgan fingerprint density at radius 1 is 1.12 bits per heavy atom. The van der Waals surface area contributed by atoms with Gasteiger partial charge in [-0.1, -0.05) is 24.5 Å². The van der Waals surface area contributed by atoms with E-state index in [1.807, 2.05) is 0 Å². The number of hydrogen-bond donors (Lipinski definition) is 6. The molecule has 5 N–H and O–H groups in total. The van der Waals surface area contributed by atoms with E-state index in [4.69, 9.17) is 28.6 Å². The number of nitrogens with zero attached hydrogens (tertiary/aromatic N) is 5. The highest BCUT2D eigenvalue weighted by Gasteiger charge is 2.51. The first-order chi connectivity index (χ1) is 19.5. The van der Waals surface area contributed by atoms with Gasteiger partial charge in [0, 0.05) is 18.2 Å². The minimum Gasteiger partial charge on any atom is -0.387 e. The molecule has 6 rings (SSSR count). The van der Waals surface area contributed by atoms with E-state index in [2.05, 4.69) is 54.7 Å². The van der Waals surface area contributed by atoms with Crippen molar-refractivity contribution >= 4 is 61.0 Å². The Labute approximate surface area is 242 Å². The summed E-state index contributed by atoms with van der Waals surface area (Å²) in [5, 5.41) is 14.4. The van der Waals surface area contributed by atoms with Crippen LogP contribution in [0.2, 0.25) is 0 Å². The molecule has 2 aliphatic heterocycles. The molecule has 0 radical (unpaired) electrons. The van der Waals surface area contributed by atoms with Crippen LogP contribution in [0.1, 0.15) is 19.1 Å². The summed E-state index contributed by atoms with van der Waals surface area (Å²) >= 11 is 8.28. The van der Waals surface area contributed by atoms with E-state index in [0.29, 0.717) is 18.7 Å². The number of imidazole rings is 1. The predicted molar refractivity (Wildman–Crippen MR) is 149 cm³/mol. The third-order valence-corrected chi connectivity index (χ3v) is 10.2. The molecule has 1 aliphatic carbocycles. The van der Waals surface area contributed by atoms with Crippen molar-refractivity contribution < 1.29 is 37.1 Å². The molecule has 1 saturated carbocycles. The number of rotatable bonds is 3. The number of ether oxygens (including phenoxy) is 1. The van der Waals surface area contributed by atoms with Gasteiger partial charge in [0.15, 0.2) is 17.4 Å². The molecule has 3 aromatic heterocycles. The molecule has 3 fully saturated rings. The van der Waals surface area contributed by atoms with Crippen LogP contribution < -0.4 is 16.6 Å². The van der Waals surface area contributed by atoms with Crippen LogP contribution in [0.5, 0.6) is 0 Å². The SMILES string of the molecule is Nc1nc2c(ncn2[C@@H]2O[C@@H]3CO[P@@](=O)(S)O[C@H]4C[C@H](Nc5ccncn5)C[C@@H]4CO[P@](=O)(S)O[C@@H]2[C@@H]3O)c(=O)[nH]1. The summed E-state index contributed by atoms with van der Waals surface area (Å²) in [6, 6.07) is 1.54. The Kier molecular flexibility index (Phi) is 7.95. The summed E-state index contributed by atoms with van der Waals surface area (Å²) in [6.45, 7) is -8.71. The quantitative estimate of drug-likeness (QED) is 0.175. The molecule has 3 aromatic rings. The number of nitrogen functional groups attached to an aromatic ring is 1. The van der Waals surface area contributed by atoms with Crippen LogP contribution in [0.3, 0.4) is 0 Å². The Balaban J connectivity index is 1.28. The molecule has 21 heteroatoms. The zero-order valence-corrected chi connectivity index (χ0v) is 24.6. The first-order valence-electron chi connectivity index (χ1n) is 12.4. The molecule has 3 aliphatic rings. The summed E-state index contributed by atoms with van der Waals surface area (Å²) in [5.74, 6) is -0.00147. The van der Waals surface area contributed by atoms with E-state index in [1.165, 1.54) is 17.2 Å². The number of aliphatic hydroxyl groups excluding tert-OH is 1. The van der Waals surface area contributed by atoms with Crippen LogP contribution in [-0.4, -0.2) is 78.3 Å². The summed E-state index contributed by atoms with van der Waals surface area (Å²) in [7, 11) is 0. The van der Waals surface area contributed by atoms with Crippen LogP contribution in [-0.2, 0) is 32.0 Å². The van der Waals surface area contributed by atoms with E-state index >= 15 is 0 Å². The fourth-order valence-electron chi connectivity index (χ4n) is 5.16. The van der Waals surface area contributed by atoms with Gasteiger partial charge in [-0.15, -0.1) is 0 Å². The van der Waals surface area contributed by atoms with Gasteiger partial charge >= 0.3 is 13.6 Å². The lowest BCUT2D eigenvalue weighted by molar-refractivity contribution is -0.0487. The Morgan fingerprint density at radius 2 is 1.90 bits per heavy atom. The van der Waals surface area contributed by atoms with Crippen LogP contribution >= 0.6 is 38.1 Å². The predicted octanol–water partition coefficient (Wildman–Crippen LogP) is 1.53. The van der Waals surface area contributed by atoms with E-state index < -0.39 is 62.3 Å². The van der Waals surface area contributed by atoms with Crippen molar-refractivity contribution in [1.82, 2.24) is 29.5 Å². The average Bonchev–Trinajstić information content (AvgIpc) is 3.57. The first kappa shape index (κ1) is 29.0. The van der Waals surface area contributed by atoms with Crippen molar-refractivity contribution in [2.45, 2.75) is 49.5 Å². The number of H-pyrrole nitrogens is 1. The minimum absolute atomic E-state index is 0.0221. The van der Waals surface area contributed by atoms with E-state index in [0.717, 1.165) is 0 Å². The molecule has 9 atom stereocenters. The molecule has 0 amide bonds. The molecular formula is C20H26N8O9P2S2. The molecule has 222 valence electrons. The second-order valence-corrected chi connectivity index (χ2v) is 15.5. The second-order valence-electron chi connectivity index (χ2n) is 9.74. The largest absolute Gasteiger partial charge is 0.387 e. The first-order valence-corrected chi connectivity index (χ1v) is 17.8. The lowest BCUT2D eigenvalue weighted by Crippen LogP contribution is -2.35. The number of aromatic nitrogens is 6. The third kappa shape index (κ3) is 6.20. The van der Waals surface area contributed by atoms with E-state index in [-0.39, 0.29) is 29.8 Å². The summed E-state index contributed by atoms with van der Waals surface area (Å²) in [4.78, 5) is 30.8. The van der Waals surface area contributed by atoms with Gasteiger partial charge in [0.2, 0.25) is 5.95 Å². The van der Waals surface area contributed by atoms with Gasteiger partial charge in [0.25, 0.3) is 5.56 Å². The van der Waals surface area contributed by atoms with Crippen molar-refractivity contribution in [2.75, 3.05) is 24.3 Å². The highest BCUT2D eigenvalue weighted by atomic mass is 32.7. The summed E-state index contributed by atoms with van der Waals surface area (Å²) in [6.07, 6.45) is -0.796. The third-order valence-electron chi connectivity index (χ3n) is 6.98. The molecule has 2 saturated heterocycles. The Bertz CT molecular complexity index is 1580. The molecule has 0 aromatic carbocycles. The number of thiol groups is 2. The smallest absolute Gasteiger partial charge is 0.386 e. The van der Waals surface area contributed by atoms with Crippen LogP contribution in [0.25, 0.3) is 11.2 Å². The molecule has 2 bridgehead atoms. The number of fused-ring (bicyclic) bond motifs is 4. The highest BCUT2D eigenvalue weighted by molar-refractivity contribution is 8.44. The van der Waals surface area contributed by atoms with Gasteiger partial charge in [-0.2, -0.15) is 4.98 Å². The second kappa shape index (κ2) is 11.2. The Morgan fingerprint density at radius 3 is 2.68 bits per heavy atom. The van der Waals surface area contributed by atoms with Gasteiger partial charge < -0.3 is 25.4 Å². The maximum atomic E-state index is 13.4. The van der Waals surface area contributed by atoms with Crippen molar-refractivity contribution in [3.05, 3.63) is 35.3 Å². The number of hydrogen-bond acceptors (Lipinski definition) is 15. The standard InChI is InChI=1S/C20H26N8O9P2S2/c21-20-26-17-14(18(30)27-20)24-8-28(17)19-16-15(29)12(35-19)6-34-38(31,40)36-11-4-10(25-13-1-2-22-7-23-13)3-9(11)5-33-39(32,41)37-16/h1-2,7-12,15-16,19,29H,3-6H2,(H,31,40)(H,32,41)(H,22,23,25)(H3,21,26,27,30)/t9-,10-,11+,12-,15-,16-,19-,38-,39+/m1/s1. The van der Waals surface area contributed by atoms with Crippen molar-refractivity contribution in [2.24, 2.45) is 5.92 Å². The van der Waals surface area contributed by atoms with Crippen LogP contribution in [0.4, 0.5) is 11.8 Å². The monoisotopic (exact) mass is 648 g/mol. The van der Waals surface area contributed by atoms with E-state index in [1.54, 1.807) is 12.3 Å². The lowest BCUT2D eigenvalue weighted by Gasteiger charge is -2.26. The van der Waals surface area contributed by atoms with Gasteiger partial charge in [-0.05, 0) is 18.9 Å². The molecule has 17 nitrogen and oxygen atoms in total. The zero-order chi connectivity index (χ0) is 28.9. The maximum absolute atomic E-state index is 13.4. The number of nitrogens with two attached hydrogens (primary N) is 1. The number of aliphatic hydroxyl groups is 1. The minimum atomic E-state index is -4.14. The molecule has 5 heterocycles. The van der Waals surface area contributed by atoms with Gasteiger partial charge in [0.05, 0.1) is 25.6 Å². The molecule has 0 spiro atoms. The van der Waals surface area contributed by atoms with E-state index in [9.17, 15) is 19.0 Å². The van der Waals surface area contributed by atoms with Gasteiger partial charge in [0.1, 0.15) is 30.5 Å². The van der Waals surface area contributed by atoms with Crippen LogP contribution in [0.15, 0.2) is 29.7 Å². The van der Waals surface area contributed by atoms with Gasteiger partial charge in [-0.3, -0.25) is 27.9 Å².